The van der Waals surface area contributed by atoms with E-state index in [2.05, 4.69) is 25.3 Å². The monoisotopic (exact) mass is 224 g/mol. The third-order valence-electron chi connectivity index (χ3n) is 3.55. The Morgan fingerprint density at radius 1 is 1.38 bits per heavy atom. The Hall–Kier alpha value is -0.340. The molecule has 0 heterocycles. The fraction of sp³-hybridized carbons (Fsp3) is 0.857. The summed E-state index contributed by atoms with van der Waals surface area (Å²) in [5, 5.41) is 0. The molecule has 0 saturated heterocycles. The zero-order chi connectivity index (χ0) is 12.0. The number of hydrogen-bond acceptors (Lipinski definition) is 2. The Kier molecular flexibility index (Phi) is 5.50. The second kappa shape index (κ2) is 6.41. The van der Waals surface area contributed by atoms with Gasteiger partial charge < -0.3 is 5.73 Å². The van der Waals surface area contributed by atoms with Gasteiger partial charge in [0.25, 0.3) is 0 Å². The summed E-state index contributed by atoms with van der Waals surface area (Å²) in [5.74, 6) is 0. The van der Waals surface area contributed by atoms with Crippen molar-refractivity contribution in [1.29, 1.82) is 0 Å². The van der Waals surface area contributed by atoms with Crippen molar-refractivity contribution in [1.82, 2.24) is 4.90 Å². The van der Waals surface area contributed by atoms with Crippen LogP contribution in [0.25, 0.3) is 0 Å². The highest BCUT2D eigenvalue weighted by Crippen LogP contribution is 2.29. The fourth-order valence-electron chi connectivity index (χ4n) is 2.30. The second-order valence-corrected chi connectivity index (χ2v) is 5.82. The van der Waals surface area contributed by atoms with E-state index in [1.807, 2.05) is 6.08 Å². The molecule has 0 unspecified atom stereocenters. The average Bonchev–Trinajstić information content (AvgIpc) is 2.99. The van der Waals surface area contributed by atoms with Gasteiger partial charge in [-0.2, -0.15) is 0 Å². The Bertz CT molecular complexity index is 207. The average molecular weight is 224 g/mol. The highest BCUT2D eigenvalue weighted by molar-refractivity contribution is 4.88. The zero-order valence-corrected chi connectivity index (χ0v) is 11.0. The van der Waals surface area contributed by atoms with Crippen LogP contribution in [-0.4, -0.2) is 30.6 Å². The standard InChI is InChI=1S/C14H28N2/c1-4-11-16(13-6-7-13)12-5-8-14(2,3)9-10-15/h4,13H,1,5-12,15H2,2-3H3. The highest BCUT2D eigenvalue weighted by atomic mass is 15.2. The summed E-state index contributed by atoms with van der Waals surface area (Å²) in [4.78, 5) is 2.57. The first-order valence-corrected chi connectivity index (χ1v) is 6.64. The van der Waals surface area contributed by atoms with E-state index in [-0.39, 0.29) is 0 Å². The molecule has 0 aliphatic heterocycles. The van der Waals surface area contributed by atoms with E-state index < -0.39 is 0 Å². The molecule has 2 heteroatoms. The van der Waals surface area contributed by atoms with Gasteiger partial charge in [0.05, 0.1) is 0 Å². The van der Waals surface area contributed by atoms with Crippen LogP contribution in [0, 0.1) is 5.41 Å². The molecule has 0 aromatic carbocycles. The van der Waals surface area contributed by atoms with E-state index in [0.29, 0.717) is 5.41 Å². The summed E-state index contributed by atoms with van der Waals surface area (Å²) in [6.45, 7) is 11.6. The highest BCUT2D eigenvalue weighted by Gasteiger charge is 2.28. The van der Waals surface area contributed by atoms with Crippen molar-refractivity contribution in [2.75, 3.05) is 19.6 Å². The van der Waals surface area contributed by atoms with Crippen LogP contribution in [0.1, 0.15) is 46.0 Å². The molecule has 0 aromatic rings. The van der Waals surface area contributed by atoms with Crippen molar-refractivity contribution in [3.8, 4) is 0 Å². The molecule has 0 bridgehead atoms. The lowest BCUT2D eigenvalue weighted by Crippen LogP contribution is -2.28. The van der Waals surface area contributed by atoms with Gasteiger partial charge in [-0.05, 0) is 50.6 Å². The molecule has 0 aromatic heterocycles. The first kappa shape index (κ1) is 13.7. The van der Waals surface area contributed by atoms with Crippen LogP contribution < -0.4 is 5.73 Å². The van der Waals surface area contributed by atoms with Gasteiger partial charge in [0, 0.05) is 12.6 Å². The van der Waals surface area contributed by atoms with Crippen molar-refractivity contribution in [3.05, 3.63) is 12.7 Å². The molecule has 1 fully saturated rings. The molecule has 1 saturated carbocycles. The van der Waals surface area contributed by atoms with Gasteiger partial charge in [-0.15, -0.1) is 6.58 Å². The van der Waals surface area contributed by atoms with Crippen molar-refractivity contribution < 1.29 is 0 Å². The Morgan fingerprint density at radius 3 is 2.56 bits per heavy atom. The molecule has 16 heavy (non-hydrogen) atoms. The minimum Gasteiger partial charge on any atom is -0.330 e. The van der Waals surface area contributed by atoms with Crippen LogP contribution in [0.4, 0.5) is 0 Å². The molecule has 0 amide bonds. The van der Waals surface area contributed by atoms with E-state index >= 15 is 0 Å². The maximum absolute atomic E-state index is 5.63. The quantitative estimate of drug-likeness (QED) is 0.610. The number of nitrogens with two attached hydrogens (primary N) is 1. The van der Waals surface area contributed by atoms with Gasteiger partial charge in [-0.1, -0.05) is 19.9 Å². The minimum atomic E-state index is 0.415. The Balaban J connectivity index is 2.19. The smallest absolute Gasteiger partial charge is 0.0163 e. The van der Waals surface area contributed by atoms with Crippen molar-refractivity contribution in [2.24, 2.45) is 11.1 Å². The minimum absolute atomic E-state index is 0.415. The van der Waals surface area contributed by atoms with Gasteiger partial charge in [0.15, 0.2) is 0 Å². The Morgan fingerprint density at radius 2 is 2.06 bits per heavy atom. The molecule has 2 N–H and O–H groups in total. The van der Waals surface area contributed by atoms with E-state index in [4.69, 9.17) is 5.73 Å². The van der Waals surface area contributed by atoms with Crippen LogP contribution >= 0.6 is 0 Å². The summed E-state index contributed by atoms with van der Waals surface area (Å²) < 4.78 is 0. The zero-order valence-electron chi connectivity index (χ0n) is 11.0. The van der Waals surface area contributed by atoms with Gasteiger partial charge in [-0.25, -0.2) is 0 Å². The summed E-state index contributed by atoms with van der Waals surface area (Å²) in [5.41, 5.74) is 6.04. The first-order valence-electron chi connectivity index (χ1n) is 6.64. The van der Waals surface area contributed by atoms with Crippen LogP contribution in [0.15, 0.2) is 12.7 Å². The molecule has 94 valence electrons. The molecule has 0 radical (unpaired) electrons. The maximum atomic E-state index is 5.63. The third kappa shape index (κ3) is 5.13. The number of nitrogens with zero attached hydrogens (tertiary/aromatic N) is 1. The van der Waals surface area contributed by atoms with Crippen molar-refractivity contribution >= 4 is 0 Å². The summed E-state index contributed by atoms with van der Waals surface area (Å²) >= 11 is 0. The predicted octanol–water partition coefficient (Wildman–Crippen LogP) is 2.79. The topological polar surface area (TPSA) is 29.3 Å². The van der Waals surface area contributed by atoms with Crippen LogP contribution in [0.2, 0.25) is 0 Å². The fourth-order valence-corrected chi connectivity index (χ4v) is 2.30. The third-order valence-corrected chi connectivity index (χ3v) is 3.55. The van der Waals surface area contributed by atoms with Crippen LogP contribution in [0.5, 0.6) is 0 Å². The lowest BCUT2D eigenvalue weighted by atomic mass is 9.84. The lowest BCUT2D eigenvalue weighted by Gasteiger charge is -2.26. The van der Waals surface area contributed by atoms with Gasteiger partial charge >= 0.3 is 0 Å². The van der Waals surface area contributed by atoms with E-state index in [9.17, 15) is 0 Å². The first-order chi connectivity index (χ1) is 7.59. The molecule has 2 nitrogen and oxygen atoms in total. The Labute approximate surface area is 101 Å². The van der Waals surface area contributed by atoms with Gasteiger partial charge in [0.1, 0.15) is 0 Å². The maximum Gasteiger partial charge on any atom is 0.0163 e. The number of hydrogen-bond donors (Lipinski definition) is 1. The largest absolute Gasteiger partial charge is 0.330 e. The summed E-state index contributed by atoms with van der Waals surface area (Å²) in [7, 11) is 0. The summed E-state index contributed by atoms with van der Waals surface area (Å²) in [6.07, 6.45) is 8.52. The lowest BCUT2D eigenvalue weighted by molar-refractivity contribution is 0.244. The SMILES string of the molecule is C=CCN(CCCC(C)(C)CCN)C1CC1. The normalized spacial score (nSPS) is 16.8. The van der Waals surface area contributed by atoms with Crippen molar-refractivity contribution in [2.45, 2.75) is 52.0 Å². The van der Waals surface area contributed by atoms with Crippen LogP contribution in [-0.2, 0) is 0 Å². The summed E-state index contributed by atoms with van der Waals surface area (Å²) in [6, 6.07) is 0.857. The number of rotatable bonds is 9. The van der Waals surface area contributed by atoms with E-state index in [0.717, 1.165) is 25.6 Å². The van der Waals surface area contributed by atoms with Crippen LogP contribution in [0.3, 0.4) is 0 Å². The molecule has 0 spiro atoms. The molecule has 1 aliphatic carbocycles. The van der Waals surface area contributed by atoms with E-state index in [1.165, 1.54) is 32.2 Å². The van der Waals surface area contributed by atoms with Gasteiger partial charge in [0.2, 0.25) is 0 Å². The molecule has 1 aliphatic rings. The van der Waals surface area contributed by atoms with E-state index in [1.54, 1.807) is 0 Å². The van der Waals surface area contributed by atoms with Crippen molar-refractivity contribution in [3.63, 3.8) is 0 Å². The second-order valence-electron chi connectivity index (χ2n) is 5.82. The molecular weight excluding hydrogens is 196 g/mol. The van der Waals surface area contributed by atoms with Gasteiger partial charge in [-0.3, -0.25) is 4.90 Å². The molecule has 0 atom stereocenters. The molecular formula is C14H28N2. The molecule has 1 rings (SSSR count). The predicted molar refractivity (Wildman–Crippen MR) is 71.5 cm³/mol.